The predicted octanol–water partition coefficient (Wildman–Crippen LogP) is -0.0100. The Morgan fingerprint density at radius 1 is 1.00 bits per heavy atom. The summed E-state index contributed by atoms with van der Waals surface area (Å²) in [5, 5.41) is 0. The molecular formula is IrPdRhRu. The van der Waals surface area contributed by atoms with Crippen molar-refractivity contribution in [2.75, 3.05) is 0 Å². The van der Waals surface area contributed by atoms with Gasteiger partial charge in [0.05, 0.1) is 0 Å². The van der Waals surface area contributed by atoms with Gasteiger partial charge in [-0.15, -0.1) is 0 Å². The zero-order chi connectivity index (χ0) is 0. The molecule has 0 amide bonds. The van der Waals surface area contributed by atoms with Crippen molar-refractivity contribution in [3.05, 3.63) is 0 Å². The largest absolute Gasteiger partial charge is 0 e. The maximum absolute atomic E-state index is 0. The third-order valence-electron chi connectivity index (χ3n) is 0. The topological polar surface area (TPSA) is 0 Å². The average Bonchev–Trinajstić information content (AvgIpc) is 0. The molecule has 0 nitrogen and oxygen atoms in total. The SMILES string of the molecule is [Ir].[Pd].[Rh].[Ru]. The number of rotatable bonds is 0. The Kier molecular flexibility index (Phi) is 137. The third-order valence-corrected chi connectivity index (χ3v) is 0. The van der Waals surface area contributed by atoms with Crippen LogP contribution in [-0.4, -0.2) is 0 Å². The van der Waals surface area contributed by atoms with Crippen LogP contribution in [0.15, 0.2) is 0 Å². The van der Waals surface area contributed by atoms with Crippen LogP contribution in [0.5, 0.6) is 0 Å². The molecule has 4 heavy (non-hydrogen) atoms. The Hall–Kier alpha value is 2.56. The predicted molar refractivity (Wildman–Crippen MR) is 0 cm³/mol. The van der Waals surface area contributed by atoms with E-state index in [9.17, 15) is 0 Å². The van der Waals surface area contributed by atoms with E-state index in [1.54, 1.807) is 0 Å². The Labute approximate surface area is 78.4 Å². The van der Waals surface area contributed by atoms with Crippen molar-refractivity contribution < 1.29 is 79.5 Å². The van der Waals surface area contributed by atoms with E-state index in [0.717, 1.165) is 0 Å². The zero-order valence-corrected chi connectivity index (χ0v) is 8.66. The zero-order valence-electron chi connectivity index (χ0n) is 1.34. The standard InChI is InChI=1S/Ir.Pd.Rh.Ru. The van der Waals surface area contributed by atoms with E-state index in [-0.39, 0.29) is 79.5 Å². The summed E-state index contributed by atoms with van der Waals surface area (Å²) in [6.07, 6.45) is 0. The summed E-state index contributed by atoms with van der Waals surface area (Å²) in [5.74, 6) is 0. The van der Waals surface area contributed by atoms with E-state index in [1.165, 1.54) is 0 Å². The van der Waals surface area contributed by atoms with Gasteiger partial charge in [0.25, 0.3) is 0 Å². The molecule has 0 saturated heterocycles. The summed E-state index contributed by atoms with van der Waals surface area (Å²) in [6.45, 7) is 0. The van der Waals surface area contributed by atoms with Crippen molar-refractivity contribution in [1.82, 2.24) is 0 Å². The van der Waals surface area contributed by atoms with E-state index in [2.05, 4.69) is 0 Å². The second kappa shape index (κ2) is 17.6. The molecule has 0 atom stereocenters. The monoisotopic (exact) mass is 504 g/mol. The van der Waals surface area contributed by atoms with Crippen molar-refractivity contribution in [2.24, 2.45) is 0 Å². The molecule has 0 aromatic heterocycles. The Morgan fingerprint density at radius 3 is 1.00 bits per heavy atom. The summed E-state index contributed by atoms with van der Waals surface area (Å²) in [5.41, 5.74) is 0. The van der Waals surface area contributed by atoms with Crippen LogP contribution in [0.25, 0.3) is 0 Å². The molecule has 0 N–H and O–H groups in total. The summed E-state index contributed by atoms with van der Waals surface area (Å²) in [7, 11) is 0. The molecule has 4 heteroatoms. The van der Waals surface area contributed by atoms with Gasteiger partial charge in [0, 0.05) is 79.5 Å². The van der Waals surface area contributed by atoms with Gasteiger partial charge in [-0.2, -0.15) is 0 Å². The first-order chi connectivity index (χ1) is 0. The van der Waals surface area contributed by atoms with Crippen LogP contribution in [0.4, 0.5) is 0 Å². The van der Waals surface area contributed by atoms with Crippen LogP contribution in [0.3, 0.4) is 0 Å². The molecule has 0 spiro atoms. The van der Waals surface area contributed by atoms with Crippen LogP contribution < -0.4 is 0 Å². The normalized spacial score (nSPS) is 0. The molecule has 0 aliphatic rings. The molecule has 2 radical (unpaired) electrons. The summed E-state index contributed by atoms with van der Waals surface area (Å²) in [6, 6.07) is 0. The van der Waals surface area contributed by atoms with Gasteiger partial charge in [-0.1, -0.05) is 0 Å². The van der Waals surface area contributed by atoms with E-state index < -0.39 is 0 Å². The quantitative estimate of drug-likeness (QED) is 0.409. The van der Waals surface area contributed by atoms with Gasteiger partial charge in [-0.05, 0) is 0 Å². The molecular weight excluding hydrogens is 503 g/mol. The average molecular weight is 503 g/mol. The maximum Gasteiger partial charge on any atom is 0 e. The van der Waals surface area contributed by atoms with E-state index >= 15 is 0 Å². The van der Waals surface area contributed by atoms with E-state index in [4.69, 9.17) is 0 Å². The molecule has 0 aromatic rings. The Bertz CT molecular complexity index is 8.00. The van der Waals surface area contributed by atoms with Gasteiger partial charge >= 0.3 is 0 Å². The summed E-state index contributed by atoms with van der Waals surface area (Å²) >= 11 is 0. The van der Waals surface area contributed by atoms with Gasteiger partial charge in [-0.3, -0.25) is 0 Å². The van der Waals surface area contributed by atoms with Gasteiger partial charge < -0.3 is 0 Å². The second-order valence-electron chi connectivity index (χ2n) is 0. The minimum Gasteiger partial charge on any atom is 0 e. The maximum atomic E-state index is 0. The van der Waals surface area contributed by atoms with E-state index in [0.29, 0.717) is 0 Å². The van der Waals surface area contributed by atoms with Gasteiger partial charge in [0.15, 0.2) is 0 Å². The molecule has 0 saturated carbocycles. The number of hydrogen-bond acceptors (Lipinski definition) is 0. The molecule has 0 bridgehead atoms. The van der Waals surface area contributed by atoms with Crippen LogP contribution in [0, 0.1) is 0 Å². The molecule has 0 heterocycles. The first-order valence-corrected chi connectivity index (χ1v) is 0. The Morgan fingerprint density at radius 2 is 1.00 bits per heavy atom. The first kappa shape index (κ1) is 31.0. The summed E-state index contributed by atoms with van der Waals surface area (Å²) < 4.78 is 0. The van der Waals surface area contributed by atoms with Crippen LogP contribution in [0.2, 0.25) is 0 Å². The molecule has 0 aliphatic carbocycles. The molecule has 0 rings (SSSR count). The van der Waals surface area contributed by atoms with Gasteiger partial charge in [0.2, 0.25) is 0 Å². The van der Waals surface area contributed by atoms with E-state index in [1.807, 2.05) is 0 Å². The van der Waals surface area contributed by atoms with Crippen LogP contribution >= 0.6 is 0 Å². The molecule has 0 unspecified atom stereocenters. The van der Waals surface area contributed by atoms with Crippen LogP contribution in [0.1, 0.15) is 0 Å². The van der Waals surface area contributed by atoms with Crippen molar-refractivity contribution in [3.8, 4) is 0 Å². The molecule has 0 fully saturated rings. The van der Waals surface area contributed by atoms with Crippen molar-refractivity contribution in [3.63, 3.8) is 0 Å². The smallest absolute Gasteiger partial charge is 0 e. The fourth-order valence-corrected chi connectivity index (χ4v) is 0. The molecule has 36 valence electrons. The third kappa shape index (κ3) is 8.82. The Balaban J connectivity index is 0. The second-order valence-corrected chi connectivity index (χ2v) is 0. The summed E-state index contributed by atoms with van der Waals surface area (Å²) in [4.78, 5) is 0. The fraction of sp³-hybridized carbons (Fsp3) is 0. The van der Waals surface area contributed by atoms with Crippen molar-refractivity contribution in [1.29, 1.82) is 0 Å². The fourth-order valence-electron chi connectivity index (χ4n) is 0. The minimum atomic E-state index is 0. The van der Waals surface area contributed by atoms with Crippen LogP contribution in [-0.2, 0) is 79.5 Å². The van der Waals surface area contributed by atoms with Crippen molar-refractivity contribution in [2.45, 2.75) is 0 Å². The first-order valence-electron chi connectivity index (χ1n) is 0. The molecule has 0 aliphatic heterocycles. The van der Waals surface area contributed by atoms with Gasteiger partial charge in [0.1, 0.15) is 0 Å². The van der Waals surface area contributed by atoms with Crippen molar-refractivity contribution >= 4 is 0 Å². The van der Waals surface area contributed by atoms with Gasteiger partial charge in [-0.25, -0.2) is 0 Å². The minimum absolute atomic E-state index is 0. The molecule has 0 aromatic carbocycles. The number of hydrogen-bond donors (Lipinski definition) is 0.